The van der Waals surface area contributed by atoms with Gasteiger partial charge in [0.15, 0.2) is 0 Å². The van der Waals surface area contributed by atoms with Gasteiger partial charge in [-0.25, -0.2) is 4.79 Å². The van der Waals surface area contributed by atoms with Crippen LogP contribution < -0.4 is 11.1 Å². The maximum absolute atomic E-state index is 12.4. The summed E-state index contributed by atoms with van der Waals surface area (Å²) in [4.78, 5) is 24.7. The Morgan fingerprint density at radius 2 is 1.75 bits per heavy atom. The minimum absolute atomic E-state index is 0.0436. The van der Waals surface area contributed by atoms with E-state index < -0.39 is 23.7 Å². The molecule has 24 heavy (non-hydrogen) atoms. The van der Waals surface area contributed by atoms with Crippen LogP contribution in [0.1, 0.15) is 40.2 Å². The summed E-state index contributed by atoms with van der Waals surface area (Å²) < 4.78 is 5.39. The first kappa shape index (κ1) is 20.0. The van der Waals surface area contributed by atoms with Crippen LogP contribution in [-0.2, 0) is 20.7 Å². The van der Waals surface area contributed by atoms with Crippen molar-refractivity contribution in [2.75, 3.05) is 0 Å². The number of phenolic OH excluding ortho intramolecular Hbond substituents is 1. The Bertz CT molecular complexity index is 561. The minimum atomic E-state index is -0.842. The highest BCUT2D eigenvalue weighted by atomic mass is 16.6. The second kappa shape index (κ2) is 8.15. The molecular weight excluding hydrogens is 308 g/mol. The molecule has 0 saturated heterocycles. The highest BCUT2D eigenvalue weighted by Crippen LogP contribution is 2.14. The Labute approximate surface area is 143 Å². The fourth-order valence-electron chi connectivity index (χ4n) is 2.00. The molecule has 6 nitrogen and oxygen atoms in total. The number of nitrogens with two attached hydrogens (primary N) is 1. The lowest BCUT2D eigenvalue weighted by Gasteiger charge is -2.26. The van der Waals surface area contributed by atoms with Crippen LogP contribution in [0.15, 0.2) is 24.3 Å². The molecule has 0 aliphatic heterocycles. The van der Waals surface area contributed by atoms with Crippen LogP contribution in [0.5, 0.6) is 5.75 Å². The Morgan fingerprint density at radius 3 is 2.21 bits per heavy atom. The van der Waals surface area contributed by atoms with Gasteiger partial charge in [0.25, 0.3) is 0 Å². The van der Waals surface area contributed by atoms with Gasteiger partial charge in [-0.3, -0.25) is 4.79 Å². The molecule has 2 unspecified atom stereocenters. The number of amides is 1. The maximum Gasteiger partial charge on any atom is 0.329 e. The average molecular weight is 336 g/mol. The van der Waals surface area contributed by atoms with Crippen molar-refractivity contribution >= 4 is 11.9 Å². The molecule has 0 fully saturated rings. The number of carbonyl (C=O) groups is 2. The van der Waals surface area contributed by atoms with Crippen LogP contribution >= 0.6 is 0 Å². The minimum Gasteiger partial charge on any atom is -0.508 e. The lowest BCUT2D eigenvalue weighted by molar-refractivity contribution is -0.158. The Balaban J connectivity index is 2.91. The predicted molar refractivity (Wildman–Crippen MR) is 92.4 cm³/mol. The van der Waals surface area contributed by atoms with Crippen molar-refractivity contribution in [1.29, 1.82) is 0 Å². The first-order valence-corrected chi connectivity index (χ1v) is 8.06. The number of ether oxygens (including phenoxy) is 1. The number of phenols is 1. The van der Waals surface area contributed by atoms with Crippen molar-refractivity contribution in [2.45, 2.75) is 58.7 Å². The largest absolute Gasteiger partial charge is 0.508 e. The molecule has 134 valence electrons. The Kier molecular flexibility index (Phi) is 6.78. The fourth-order valence-corrected chi connectivity index (χ4v) is 2.00. The van der Waals surface area contributed by atoms with Crippen LogP contribution in [0.2, 0.25) is 0 Å². The van der Waals surface area contributed by atoms with Gasteiger partial charge < -0.3 is 20.9 Å². The smallest absolute Gasteiger partial charge is 0.329 e. The maximum atomic E-state index is 12.4. The van der Waals surface area contributed by atoms with Crippen LogP contribution in [0.4, 0.5) is 0 Å². The molecular formula is C18H28N2O4. The number of carbonyl (C=O) groups excluding carboxylic acids is 2. The third-order valence-electron chi connectivity index (χ3n) is 3.40. The number of hydrogen-bond acceptors (Lipinski definition) is 5. The van der Waals surface area contributed by atoms with Crippen molar-refractivity contribution < 1.29 is 19.4 Å². The van der Waals surface area contributed by atoms with Gasteiger partial charge in [-0.15, -0.1) is 0 Å². The third-order valence-corrected chi connectivity index (χ3v) is 3.40. The van der Waals surface area contributed by atoms with E-state index in [4.69, 9.17) is 10.5 Å². The van der Waals surface area contributed by atoms with E-state index in [2.05, 4.69) is 5.32 Å². The molecule has 1 aromatic rings. The van der Waals surface area contributed by atoms with E-state index in [1.807, 2.05) is 13.8 Å². The number of esters is 1. The van der Waals surface area contributed by atoms with Crippen LogP contribution in [0.3, 0.4) is 0 Å². The summed E-state index contributed by atoms with van der Waals surface area (Å²) in [5.74, 6) is -0.809. The molecule has 0 radical (unpaired) electrons. The van der Waals surface area contributed by atoms with E-state index >= 15 is 0 Å². The van der Waals surface area contributed by atoms with Crippen LogP contribution in [0, 0.1) is 5.92 Å². The average Bonchev–Trinajstić information content (AvgIpc) is 2.45. The quantitative estimate of drug-likeness (QED) is 0.687. The van der Waals surface area contributed by atoms with Crippen LogP contribution in [-0.4, -0.2) is 34.7 Å². The van der Waals surface area contributed by atoms with Crippen LogP contribution in [0.25, 0.3) is 0 Å². The number of nitrogens with one attached hydrogen (secondary N) is 1. The highest BCUT2D eigenvalue weighted by Gasteiger charge is 2.29. The number of rotatable bonds is 6. The van der Waals surface area contributed by atoms with E-state index in [0.29, 0.717) is 0 Å². The van der Waals surface area contributed by atoms with Gasteiger partial charge >= 0.3 is 5.97 Å². The first-order chi connectivity index (χ1) is 11.0. The van der Waals surface area contributed by atoms with Gasteiger partial charge in [-0.05, 0) is 44.4 Å². The van der Waals surface area contributed by atoms with E-state index in [9.17, 15) is 14.7 Å². The summed E-state index contributed by atoms with van der Waals surface area (Å²) >= 11 is 0. The SMILES string of the molecule is CC(C)C(N)C(=O)NC(Cc1ccc(O)cc1)C(=O)OC(C)(C)C. The molecule has 0 bridgehead atoms. The fraction of sp³-hybridized carbons (Fsp3) is 0.556. The van der Waals surface area contributed by atoms with Crippen molar-refractivity contribution in [3.8, 4) is 5.75 Å². The monoisotopic (exact) mass is 336 g/mol. The van der Waals surface area contributed by atoms with Gasteiger partial charge in [-0.1, -0.05) is 26.0 Å². The van der Waals surface area contributed by atoms with E-state index in [1.54, 1.807) is 32.9 Å². The molecule has 0 aliphatic carbocycles. The second-order valence-electron chi connectivity index (χ2n) is 7.24. The standard InChI is InChI=1S/C18H28N2O4/c1-11(2)15(19)16(22)20-14(17(23)24-18(3,4)5)10-12-6-8-13(21)9-7-12/h6-9,11,14-15,21H,10,19H2,1-5H3,(H,20,22). The van der Waals surface area contributed by atoms with Gasteiger partial charge in [-0.2, -0.15) is 0 Å². The van der Waals surface area contributed by atoms with Gasteiger partial charge in [0.2, 0.25) is 5.91 Å². The molecule has 6 heteroatoms. The normalized spacial score (nSPS) is 14.1. The lowest BCUT2D eigenvalue weighted by Crippen LogP contribution is -2.52. The number of aromatic hydroxyl groups is 1. The van der Waals surface area contributed by atoms with Gasteiger partial charge in [0.05, 0.1) is 6.04 Å². The number of hydrogen-bond donors (Lipinski definition) is 3. The van der Waals surface area contributed by atoms with Gasteiger partial charge in [0, 0.05) is 6.42 Å². The summed E-state index contributed by atoms with van der Waals surface area (Å²) in [6.07, 6.45) is 0.256. The zero-order chi connectivity index (χ0) is 18.5. The molecule has 0 aromatic heterocycles. The summed E-state index contributed by atoms with van der Waals surface area (Å²) in [6.45, 7) is 8.98. The first-order valence-electron chi connectivity index (χ1n) is 8.06. The molecule has 1 amide bonds. The number of benzene rings is 1. The predicted octanol–water partition coefficient (Wildman–Crippen LogP) is 1.74. The second-order valence-corrected chi connectivity index (χ2v) is 7.24. The van der Waals surface area contributed by atoms with Crippen molar-refractivity contribution in [2.24, 2.45) is 11.7 Å². The topological polar surface area (TPSA) is 102 Å². The summed E-state index contributed by atoms with van der Waals surface area (Å²) in [6, 6.07) is 4.91. The van der Waals surface area contributed by atoms with E-state index in [-0.39, 0.29) is 24.0 Å². The molecule has 2 atom stereocenters. The van der Waals surface area contributed by atoms with E-state index in [0.717, 1.165) is 5.56 Å². The summed E-state index contributed by atoms with van der Waals surface area (Å²) in [5, 5.41) is 12.0. The molecule has 0 heterocycles. The van der Waals surface area contributed by atoms with Crippen molar-refractivity contribution in [3.05, 3.63) is 29.8 Å². The zero-order valence-electron chi connectivity index (χ0n) is 15.0. The van der Waals surface area contributed by atoms with E-state index in [1.165, 1.54) is 12.1 Å². The van der Waals surface area contributed by atoms with Crippen molar-refractivity contribution in [3.63, 3.8) is 0 Å². The summed E-state index contributed by atoms with van der Waals surface area (Å²) in [7, 11) is 0. The summed E-state index contributed by atoms with van der Waals surface area (Å²) in [5.41, 5.74) is 5.99. The van der Waals surface area contributed by atoms with Gasteiger partial charge in [0.1, 0.15) is 17.4 Å². The molecule has 1 aromatic carbocycles. The molecule has 4 N–H and O–H groups in total. The lowest BCUT2D eigenvalue weighted by atomic mass is 10.0. The Hall–Kier alpha value is -2.08. The molecule has 1 rings (SSSR count). The molecule has 0 spiro atoms. The third kappa shape index (κ3) is 6.58. The zero-order valence-corrected chi connectivity index (χ0v) is 15.0. The molecule has 0 saturated carbocycles. The highest BCUT2D eigenvalue weighted by molar-refractivity contribution is 5.87. The van der Waals surface area contributed by atoms with Crippen molar-refractivity contribution in [1.82, 2.24) is 5.32 Å². The Morgan fingerprint density at radius 1 is 1.21 bits per heavy atom. The molecule has 0 aliphatic rings.